The van der Waals surface area contributed by atoms with Crippen molar-refractivity contribution in [2.75, 3.05) is 26.8 Å². The molecular formula is C15H22FNO3. The summed E-state index contributed by atoms with van der Waals surface area (Å²) in [5.74, 6) is -1.13. The first kappa shape index (κ1) is 16.6. The van der Waals surface area contributed by atoms with Crippen molar-refractivity contribution in [3.8, 4) is 0 Å². The molecule has 0 aliphatic heterocycles. The minimum atomic E-state index is -1.12. The summed E-state index contributed by atoms with van der Waals surface area (Å²) in [6.07, 6.45) is 0. The molecule has 0 aromatic heterocycles. The largest absolute Gasteiger partial charge is 0.478 e. The van der Waals surface area contributed by atoms with Crippen molar-refractivity contribution in [3.63, 3.8) is 0 Å². The van der Waals surface area contributed by atoms with Gasteiger partial charge in [0.2, 0.25) is 0 Å². The predicted octanol–water partition coefficient (Wildman–Crippen LogP) is 2.63. The molecule has 0 heterocycles. The minimum absolute atomic E-state index is 0.0291. The summed E-state index contributed by atoms with van der Waals surface area (Å²) in [6, 6.07) is 4.05. The Hall–Kier alpha value is -1.46. The van der Waals surface area contributed by atoms with Crippen LogP contribution in [-0.2, 0) is 11.3 Å². The van der Waals surface area contributed by atoms with Gasteiger partial charge in [0, 0.05) is 32.3 Å². The number of ether oxygens (including phenoxy) is 1. The number of rotatable bonds is 8. The van der Waals surface area contributed by atoms with Crippen LogP contribution in [0.5, 0.6) is 0 Å². The number of hydrogen-bond donors (Lipinski definition) is 1. The van der Waals surface area contributed by atoms with Gasteiger partial charge in [-0.3, -0.25) is 4.90 Å². The fourth-order valence-corrected chi connectivity index (χ4v) is 2.02. The molecule has 4 nitrogen and oxygen atoms in total. The number of carboxylic acid groups (broad SMARTS) is 1. The van der Waals surface area contributed by atoms with Crippen molar-refractivity contribution >= 4 is 5.97 Å². The molecule has 0 bridgehead atoms. The maximum atomic E-state index is 13.9. The fourth-order valence-electron chi connectivity index (χ4n) is 2.02. The Balaban J connectivity index is 2.79. The van der Waals surface area contributed by atoms with Gasteiger partial charge in [-0.05, 0) is 18.1 Å². The summed E-state index contributed by atoms with van der Waals surface area (Å²) in [5, 5.41) is 8.82. The number of halogens is 1. The molecule has 0 aliphatic carbocycles. The third kappa shape index (κ3) is 5.27. The average Bonchev–Trinajstić information content (AvgIpc) is 2.37. The molecule has 5 heteroatoms. The van der Waals surface area contributed by atoms with Crippen molar-refractivity contribution in [2.45, 2.75) is 20.4 Å². The van der Waals surface area contributed by atoms with E-state index in [2.05, 4.69) is 18.7 Å². The minimum Gasteiger partial charge on any atom is -0.478 e. The van der Waals surface area contributed by atoms with E-state index in [1.807, 2.05) is 0 Å². The van der Waals surface area contributed by atoms with E-state index in [0.29, 0.717) is 24.6 Å². The fraction of sp³-hybridized carbons (Fsp3) is 0.533. The molecule has 1 rings (SSSR count). The summed E-state index contributed by atoms with van der Waals surface area (Å²) in [5.41, 5.74) is 0.477. The second-order valence-electron chi connectivity index (χ2n) is 5.23. The van der Waals surface area contributed by atoms with E-state index in [0.717, 1.165) is 19.2 Å². The maximum absolute atomic E-state index is 13.9. The Morgan fingerprint density at radius 2 is 2.15 bits per heavy atom. The Labute approximate surface area is 119 Å². The Morgan fingerprint density at radius 3 is 2.65 bits per heavy atom. The van der Waals surface area contributed by atoms with Gasteiger partial charge < -0.3 is 9.84 Å². The molecule has 1 aromatic rings. The van der Waals surface area contributed by atoms with Gasteiger partial charge in [-0.1, -0.05) is 19.9 Å². The van der Waals surface area contributed by atoms with E-state index in [1.165, 1.54) is 6.07 Å². The zero-order valence-electron chi connectivity index (χ0n) is 12.2. The van der Waals surface area contributed by atoms with Crippen LogP contribution in [0.3, 0.4) is 0 Å². The average molecular weight is 283 g/mol. The van der Waals surface area contributed by atoms with E-state index in [4.69, 9.17) is 9.84 Å². The van der Waals surface area contributed by atoms with Crippen LogP contribution < -0.4 is 0 Å². The van der Waals surface area contributed by atoms with Gasteiger partial charge in [0.05, 0.1) is 12.2 Å². The number of hydrogen-bond acceptors (Lipinski definition) is 3. The SMILES string of the molecule is COCCN(Cc1ccc(C(=O)O)cc1F)CC(C)C. The highest BCUT2D eigenvalue weighted by molar-refractivity contribution is 5.87. The predicted molar refractivity (Wildman–Crippen MR) is 75.4 cm³/mol. The maximum Gasteiger partial charge on any atom is 0.335 e. The molecule has 0 atom stereocenters. The van der Waals surface area contributed by atoms with Crippen LogP contribution in [0.2, 0.25) is 0 Å². The van der Waals surface area contributed by atoms with E-state index in [1.54, 1.807) is 13.2 Å². The lowest BCUT2D eigenvalue weighted by atomic mass is 10.1. The standard InChI is InChI=1S/C15H22FNO3/c1-11(2)9-17(6-7-20-3)10-13-5-4-12(15(18)19)8-14(13)16/h4-5,8,11H,6-7,9-10H2,1-3H3,(H,18,19). The topological polar surface area (TPSA) is 49.8 Å². The highest BCUT2D eigenvalue weighted by Crippen LogP contribution is 2.14. The summed E-state index contributed by atoms with van der Waals surface area (Å²) < 4.78 is 19.0. The molecule has 0 unspecified atom stereocenters. The Bertz CT molecular complexity index is 449. The van der Waals surface area contributed by atoms with Crippen molar-refractivity contribution < 1.29 is 19.0 Å². The van der Waals surface area contributed by atoms with Gasteiger partial charge in [-0.2, -0.15) is 0 Å². The summed E-state index contributed by atoms with van der Waals surface area (Å²) in [6.45, 7) is 6.79. The molecule has 0 saturated heterocycles. The number of carbonyl (C=O) groups is 1. The van der Waals surface area contributed by atoms with Gasteiger partial charge in [0.25, 0.3) is 0 Å². The van der Waals surface area contributed by atoms with Crippen LogP contribution in [0.15, 0.2) is 18.2 Å². The molecule has 20 heavy (non-hydrogen) atoms. The molecule has 0 radical (unpaired) electrons. The lowest BCUT2D eigenvalue weighted by Crippen LogP contribution is -2.31. The van der Waals surface area contributed by atoms with Crippen LogP contribution in [0.25, 0.3) is 0 Å². The van der Waals surface area contributed by atoms with Crippen LogP contribution in [0.1, 0.15) is 29.8 Å². The van der Waals surface area contributed by atoms with Crippen LogP contribution in [0.4, 0.5) is 4.39 Å². The molecule has 0 saturated carbocycles. The number of carboxylic acids is 1. The van der Waals surface area contributed by atoms with Crippen molar-refractivity contribution in [3.05, 3.63) is 35.1 Å². The molecular weight excluding hydrogens is 261 g/mol. The monoisotopic (exact) mass is 283 g/mol. The summed E-state index contributed by atoms with van der Waals surface area (Å²) in [4.78, 5) is 12.9. The van der Waals surface area contributed by atoms with Crippen molar-refractivity contribution in [1.82, 2.24) is 4.90 Å². The van der Waals surface area contributed by atoms with Gasteiger partial charge in [-0.15, -0.1) is 0 Å². The summed E-state index contributed by atoms with van der Waals surface area (Å²) >= 11 is 0. The molecule has 1 aromatic carbocycles. The number of methoxy groups -OCH3 is 1. The van der Waals surface area contributed by atoms with Gasteiger partial charge in [0.1, 0.15) is 5.82 Å². The first-order valence-corrected chi connectivity index (χ1v) is 6.67. The van der Waals surface area contributed by atoms with E-state index >= 15 is 0 Å². The zero-order chi connectivity index (χ0) is 15.1. The quantitative estimate of drug-likeness (QED) is 0.797. The molecule has 0 amide bonds. The normalized spacial score (nSPS) is 11.3. The van der Waals surface area contributed by atoms with E-state index < -0.39 is 11.8 Å². The zero-order valence-corrected chi connectivity index (χ0v) is 12.2. The first-order chi connectivity index (χ1) is 9.43. The lowest BCUT2D eigenvalue weighted by molar-refractivity contribution is 0.0696. The first-order valence-electron chi connectivity index (χ1n) is 6.67. The third-order valence-electron chi connectivity index (χ3n) is 2.93. The van der Waals surface area contributed by atoms with Gasteiger partial charge in [0.15, 0.2) is 0 Å². The van der Waals surface area contributed by atoms with Crippen LogP contribution in [0, 0.1) is 11.7 Å². The number of benzene rings is 1. The van der Waals surface area contributed by atoms with Crippen molar-refractivity contribution in [2.24, 2.45) is 5.92 Å². The Kier molecular flexibility index (Phi) is 6.61. The highest BCUT2D eigenvalue weighted by atomic mass is 19.1. The number of aromatic carboxylic acids is 1. The van der Waals surface area contributed by atoms with Crippen LogP contribution >= 0.6 is 0 Å². The van der Waals surface area contributed by atoms with E-state index in [9.17, 15) is 9.18 Å². The molecule has 0 aliphatic rings. The third-order valence-corrected chi connectivity index (χ3v) is 2.93. The number of nitrogens with zero attached hydrogens (tertiary/aromatic N) is 1. The highest BCUT2D eigenvalue weighted by Gasteiger charge is 2.13. The van der Waals surface area contributed by atoms with E-state index in [-0.39, 0.29) is 5.56 Å². The molecule has 112 valence electrons. The molecule has 1 N–H and O–H groups in total. The second-order valence-corrected chi connectivity index (χ2v) is 5.23. The van der Waals surface area contributed by atoms with Crippen molar-refractivity contribution in [1.29, 1.82) is 0 Å². The Morgan fingerprint density at radius 1 is 1.45 bits per heavy atom. The molecule has 0 spiro atoms. The smallest absolute Gasteiger partial charge is 0.335 e. The molecule has 0 fully saturated rings. The van der Waals surface area contributed by atoms with Gasteiger partial charge >= 0.3 is 5.97 Å². The lowest BCUT2D eigenvalue weighted by Gasteiger charge is -2.24. The van der Waals surface area contributed by atoms with Crippen LogP contribution in [-0.4, -0.2) is 42.8 Å². The van der Waals surface area contributed by atoms with Gasteiger partial charge in [-0.25, -0.2) is 9.18 Å². The summed E-state index contributed by atoms with van der Waals surface area (Å²) in [7, 11) is 1.63. The second kappa shape index (κ2) is 7.97.